The molecule has 20 heavy (non-hydrogen) atoms. The number of amides is 1. The summed E-state index contributed by atoms with van der Waals surface area (Å²) in [6, 6.07) is 3.62. The lowest BCUT2D eigenvalue weighted by Gasteiger charge is -2.13. The van der Waals surface area contributed by atoms with Crippen molar-refractivity contribution in [3.8, 4) is 0 Å². The van der Waals surface area contributed by atoms with Gasteiger partial charge in [0.25, 0.3) is 0 Å². The maximum atomic E-state index is 12.1. The third-order valence-corrected chi connectivity index (χ3v) is 3.57. The van der Waals surface area contributed by atoms with Gasteiger partial charge in [0.05, 0.1) is 30.0 Å². The van der Waals surface area contributed by atoms with E-state index < -0.39 is 0 Å². The van der Waals surface area contributed by atoms with Gasteiger partial charge in [-0.2, -0.15) is 5.10 Å². The molecule has 2 rings (SSSR count). The molecule has 1 atom stereocenters. The fraction of sp³-hybridized carbons (Fsp3) is 0.400. The molecule has 1 N–H and O–H groups in total. The van der Waals surface area contributed by atoms with E-state index >= 15 is 0 Å². The summed E-state index contributed by atoms with van der Waals surface area (Å²) < 4.78 is 1.90. The Balaban J connectivity index is 2.02. The van der Waals surface area contributed by atoms with Crippen LogP contribution in [0.1, 0.15) is 23.9 Å². The van der Waals surface area contributed by atoms with Crippen LogP contribution in [0.2, 0.25) is 0 Å². The first-order valence-electron chi connectivity index (χ1n) is 6.70. The Labute approximate surface area is 119 Å². The number of nitrogens with one attached hydrogen (secondary N) is 1. The highest BCUT2D eigenvalue weighted by Crippen LogP contribution is 2.14. The molecule has 0 radical (unpaired) electrons. The molecule has 106 valence electrons. The van der Waals surface area contributed by atoms with E-state index in [1.165, 1.54) is 5.56 Å². The predicted molar refractivity (Wildman–Crippen MR) is 78.5 cm³/mol. The average Bonchev–Trinajstić information content (AvgIpc) is 2.67. The van der Waals surface area contributed by atoms with E-state index in [2.05, 4.69) is 22.3 Å². The zero-order valence-electron chi connectivity index (χ0n) is 12.3. The van der Waals surface area contributed by atoms with E-state index in [0.29, 0.717) is 12.2 Å². The molecule has 0 aliphatic heterocycles. The fourth-order valence-corrected chi connectivity index (χ4v) is 2.01. The van der Waals surface area contributed by atoms with Crippen molar-refractivity contribution in [1.82, 2.24) is 14.8 Å². The Morgan fingerprint density at radius 3 is 2.70 bits per heavy atom. The highest BCUT2D eigenvalue weighted by molar-refractivity contribution is 5.92. The molecule has 5 nitrogen and oxygen atoms in total. The van der Waals surface area contributed by atoms with Gasteiger partial charge in [-0.1, -0.05) is 6.92 Å². The first-order chi connectivity index (χ1) is 9.49. The lowest BCUT2D eigenvalue weighted by molar-refractivity contribution is -0.119. The van der Waals surface area contributed by atoms with E-state index in [-0.39, 0.29) is 11.8 Å². The molecule has 0 fully saturated rings. The third-order valence-electron chi connectivity index (χ3n) is 3.57. The van der Waals surface area contributed by atoms with Crippen molar-refractivity contribution in [3.05, 3.63) is 41.5 Å². The van der Waals surface area contributed by atoms with Crippen LogP contribution >= 0.6 is 0 Å². The maximum absolute atomic E-state index is 12.1. The van der Waals surface area contributed by atoms with E-state index in [4.69, 9.17) is 0 Å². The smallest absolute Gasteiger partial charge is 0.229 e. The highest BCUT2D eigenvalue weighted by Gasteiger charge is 2.16. The molecule has 0 saturated carbocycles. The molecule has 0 spiro atoms. The second-order valence-electron chi connectivity index (χ2n) is 5.11. The standard InChI is InChI=1S/C15H20N4O/c1-10(9-19-13(4)11(2)12(3)18-19)15(20)17-14-6-5-7-16-8-14/h5-8,10H,9H2,1-4H3,(H,17,20). The average molecular weight is 272 g/mol. The van der Waals surface area contributed by atoms with Crippen LogP contribution in [0.25, 0.3) is 0 Å². The molecule has 0 bridgehead atoms. The number of nitrogens with zero attached hydrogens (tertiary/aromatic N) is 3. The minimum absolute atomic E-state index is 0.0248. The second kappa shape index (κ2) is 5.86. The number of hydrogen-bond donors (Lipinski definition) is 1. The molecule has 1 amide bonds. The molecule has 2 aromatic rings. The molecule has 0 aromatic carbocycles. The van der Waals surface area contributed by atoms with Crippen molar-refractivity contribution in [2.24, 2.45) is 5.92 Å². The van der Waals surface area contributed by atoms with Crippen LogP contribution < -0.4 is 5.32 Å². The Morgan fingerprint density at radius 1 is 1.40 bits per heavy atom. The summed E-state index contributed by atoms with van der Waals surface area (Å²) >= 11 is 0. The summed E-state index contributed by atoms with van der Waals surface area (Å²) in [4.78, 5) is 16.1. The predicted octanol–water partition coefficient (Wildman–Crippen LogP) is 2.48. The Kier molecular flexibility index (Phi) is 4.17. The second-order valence-corrected chi connectivity index (χ2v) is 5.11. The SMILES string of the molecule is Cc1nn(CC(C)C(=O)Nc2cccnc2)c(C)c1C. The molecule has 2 heterocycles. The van der Waals surface area contributed by atoms with Gasteiger partial charge in [0, 0.05) is 11.9 Å². The number of carbonyl (C=O) groups excluding carboxylic acids is 1. The van der Waals surface area contributed by atoms with Gasteiger partial charge in [-0.3, -0.25) is 14.5 Å². The molecule has 1 unspecified atom stereocenters. The third kappa shape index (κ3) is 3.04. The van der Waals surface area contributed by atoms with Gasteiger partial charge in [-0.15, -0.1) is 0 Å². The minimum atomic E-state index is -0.160. The van der Waals surface area contributed by atoms with E-state index in [1.807, 2.05) is 31.5 Å². The van der Waals surface area contributed by atoms with Gasteiger partial charge in [-0.05, 0) is 38.5 Å². The zero-order valence-corrected chi connectivity index (χ0v) is 12.3. The van der Waals surface area contributed by atoms with Crippen molar-refractivity contribution in [1.29, 1.82) is 0 Å². The van der Waals surface area contributed by atoms with Crippen molar-refractivity contribution in [2.45, 2.75) is 34.2 Å². The summed E-state index contributed by atoms with van der Waals surface area (Å²) in [6.07, 6.45) is 3.32. The zero-order chi connectivity index (χ0) is 14.7. The Morgan fingerprint density at radius 2 is 2.15 bits per heavy atom. The van der Waals surface area contributed by atoms with Crippen LogP contribution in [-0.2, 0) is 11.3 Å². The summed E-state index contributed by atoms with van der Waals surface area (Å²) in [5.41, 5.74) is 4.03. The van der Waals surface area contributed by atoms with Crippen molar-refractivity contribution < 1.29 is 4.79 Å². The molecule has 2 aromatic heterocycles. The molecular weight excluding hydrogens is 252 g/mol. The molecule has 0 aliphatic carbocycles. The summed E-state index contributed by atoms with van der Waals surface area (Å²) in [7, 11) is 0. The summed E-state index contributed by atoms with van der Waals surface area (Å²) in [5.74, 6) is -0.184. The van der Waals surface area contributed by atoms with Crippen molar-refractivity contribution in [2.75, 3.05) is 5.32 Å². The number of anilines is 1. The van der Waals surface area contributed by atoms with Crippen LogP contribution in [0.4, 0.5) is 5.69 Å². The van der Waals surface area contributed by atoms with Gasteiger partial charge >= 0.3 is 0 Å². The number of pyridine rings is 1. The number of rotatable bonds is 4. The van der Waals surface area contributed by atoms with Crippen LogP contribution in [0, 0.1) is 26.7 Å². The van der Waals surface area contributed by atoms with Crippen LogP contribution in [0.3, 0.4) is 0 Å². The van der Waals surface area contributed by atoms with Gasteiger partial charge < -0.3 is 5.32 Å². The van der Waals surface area contributed by atoms with E-state index in [1.54, 1.807) is 18.5 Å². The highest BCUT2D eigenvalue weighted by atomic mass is 16.1. The topological polar surface area (TPSA) is 59.8 Å². The number of aromatic nitrogens is 3. The first-order valence-corrected chi connectivity index (χ1v) is 6.70. The van der Waals surface area contributed by atoms with Crippen molar-refractivity contribution >= 4 is 11.6 Å². The maximum Gasteiger partial charge on any atom is 0.229 e. The molecule has 0 aliphatic rings. The van der Waals surface area contributed by atoms with Crippen LogP contribution in [0.5, 0.6) is 0 Å². The van der Waals surface area contributed by atoms with Crippen molar-refractivity contribution in [3.63, 3.8) is 0 Å². The van der Waals surface area contributed by atoms with Gasteiger partial charge in [-0.25, -0.2) is 0 Å². The first kappa shape index (κ1) is 14.2. The molecule has 0 saturated heterocycles. The Bertz CT molecular complexity index is 604. The Hall–Kier alpha value is -2.17. The molecular formula is C15H20N4O. The largest absolute Gasteiger partial charge is 0.324 e. The van der Waals surface area contributed by atoms with Crippen LogP contribution in [-0.4, -0.2) is 20.7 Å². The summed E-state index contributed by atoms with van der Waals surface area (Å²) in [5, 5.41) is 7.32. The number of hydrogen-bond acceptors (Lipinski definition) is 3. The minimum Gasteiger partial charge on any atom is -0.324 e. The van der Waals surface area contributed by atoms with Crippen LogP contribution in [0.15, 0.2) is 24.5 Å². The quantitative estimate of drug-likeness (QED) is 0.930. The van der Waals surface area contributed by atoms with Gasteiger partial charge in [0.15, 0.2) is 0 Å². The van der Waals surface area contributed by atoms with E-state index in [0.717, 1.165) is 11.4 Å². The fourth-order valence-electron chi connectivity index (χ4n) is 2.01. The van der Waals surface area contributed by atoms with Gasteiger partial charge in [0.2, 0.25) is 5.91 Å². The normalized spacial score (nSPS) is 12.2. The van der Waals surface area contributed by atoms with Gasteiger partial charge in [0.1, 0.15) is 0 Å². The summed E-state index contributed by atoms with van der Waals surface area (Å²) in [6.45, 7) is 8.54. The number of carbonyl (C=O) groups is 1. The monoisotopic (exact) mass is 272 g/mol. The lowest BCUT2D eigenvalue weighted by atomic mass is 10.1. The van der Waals surface area contributed by atoms with E-state index in [9.17, 15) is 4.79 Å². The number of aryl methyl sites for hydroxylation is 1. The molecule has 5 heteroatoms. The lowest BCUT2D eigenvalue weighted by Crippen LogP contribution is -2.25.